The first kappa shape index (κ1) is 19.9. The van der Waals surface area contributed by atoms with Crippen molar-refractivity contribution in [3.05, 3.63) is 59.7 Å². The first-order valence-electron chi connectivity index (χ1n) is 9.94. The van der Waals surface area contributed by atoms with E-state index in [0.717, 1.165) is 37.0 Å². The molecule has 3 amide bonds. The normalized spacial score (nSPS) is 13.6. The van der Waals surface area contributed by atoms with Crippen molar-refractivity contribution in [2.45, 2.75) is 19.4 Å². The summed E-state index contributed by atoms with van der Waals surface area (Å²) >= 11 is 0. The maximum atomic E-state index is 13.0. The molecule has 1 aliphatic rings. The fraction of sp³-hybridized carbons (Fsp3) is 0.318. The monoisotopic (exact) mass is 409 g/mol. The smallest absolute Gasteiger partial charge is 0.321 e. The average Bonchev–Trinajstić information content (AvgIpc) is 3.38. The quantitative estimate of drug-likeness (QED) is 0.716. The Bertz CT molecular complexity index is 1090. The van der Waals surface area contributed by atoms with Crippen molar-refractivity contribution < 1.29 is 14.0 Å². The third kappa shape index (κ3) is 3.98. The zero-order chi connectivity index (χ0) is 21.3. The van der Waals surface area contributed by atoms with Gasteiger partial charge in [-0.1, -0.05) is 0 Å². The second kappa shape index (κ2) is 8.14. The van der Waals surface area contributed by atoms with Gasteiger partial charge in [0, 0.05) is 38.4 Å². The number of aryl methyl sites for hydroxylation is 1. The highest BCUT2D eigenvalue weighted by Crippen LogP contribution is 2.20. The lowest BCUT2D eigenvalue weighted by Gasteiger charge is -2.17. The molecular weight excluding hydrogens is 385 g/mol. The summed E-state index contributed by atoms with van der Waals surface area (Å²) in [6.45, 7) is 1.89. The number of aromatic nitrogens is 2. The molecule has 1 saturated heterocycles. The highest BCUT2D eigenvalue weighted by Gasteiger charge is 2.21. The van der Waals surface area contributed by atoms with Crippen LogP contribution in [0.3, 0.4) is 0 Å². The van der Waals surface area contributed by atoms with Gasteiger partial charge in [-0.2, -0.15) is 0 Å². The van der Waals surface area contributed by atoms with E-state index in [-0.39, 0.29) is 24.3 Å². The average molecular weight is 409 g/mol. The zero-order valence-electron chi connectivity index (χ0n) is 17.1. The van der Waals surface area contributed by atoms with Crippen LogP contribution >= 0.6 is 0 Å². The molecule has 7 nitrogen and oxygen atoms in total. The van der Waals surface area contributed by atoms with E-state index in [1.54, 1.807) is 7.05 Å². The summed E-state index contributed by atoms with van der Waals surface area (Å²) in [5, 5.41) is 2.73. The lowest BCUT2D eigenvalue weighted by Crippen LogP contribution is -2.31. The summed E-state index contributed by atoms with van der Waals surface area (Å²) in [4.78, 5) is 33.1. The van der Waals surface area contributed by atoms with Gasteiger partial charge in [0.15, 0.2) is 0 Å². The molecular formula is C22H24FN5O2. The predicted octanol–water partition coefficient (Wildman–Crippen LogP) is 3.61. The largest absolute Gasteiger partial charge is 0.339 e. The fourth-order valence-electron chi connectivity index (χ4n) is 3.66. The van der Waals surface area contributed by atoms with Crippen LogP contribution in [-0.4, -0.2) is 51.4 Å². The minimum atomic E-state index is -0.358. The number of likely N-dealkylation sites (tertiary alicyclic amines) is 1. The lowest BCUT2D eigenvalue weighted by molar-refractivity contribution is 0.0793. The summed E-state index contributed by atoms with van der Waals surface area (Å²) in [6, 6.07) is 10.8. The maximum Gasteiger partial charge on any atom is 0.321 e. The molecule has 1 N–H and O–H groups in total. The molecule has 156 valence electrons. The number of imidazole rings is 1. The van der Waals surface area contributed by atoms with Gasteiger partial charge in [-0.15, -0.1) is 0 Å². The van der Waals surface area contributed by atoms with E-state index in [4.69, 9.17) is 0 Å². The van der Waals surface area contributed by atoms with E-state index < -0.39 is 0 Å². The van der Waals surface area contributed by atoms with Crippen LogP contribution in [0.25, 0.3) is 11.0 Å². The molecule has 0 atom stereocenters. The van der Waals surface area contributed by atoms with E-state index in [1.165, 1.54) is 29.2 Å². The topological polar surface area (TPSA) is 70.5 Å². The van der Waals surface area contributed by atoms with Crippen LogP contribution in [0.5, 0.6) is 0 Å². The molecule has 1 aliphatic heterocycles. The number of amides is 3. The molecule has 30 heavy (non-hydrogen) atoms. The summed E-state index contributed by atoms with van der Waals surface area (Å²) in [7, 11) is 3.55. The van der Waals surface area contributed by atoms with Gasteiger partial charge in [-0.25, -0.2) is 14.2 Å². The Hall–Kier alpha value is -3.42. The maximum absolute atomic E-state index is 13.0. The van der Waals surface area contributed by atoms with Crippen molar-refractivity contribution in [1.82, 2.24) is 19.4 Å². The predicted molar refractivity (Wildman–Crippen MR) is 113 cm³/mol. The Morgan fingerprint density at radius 3 is 2.53 bits per heavy atom. The van der Waals surface area contributed by atoms with Crippen molar-refractivity contribution >= 4 is 28.7 Å². The molecule has 4 rings (SSSR count). The number of benzene rings is 2. The summed E-state index contributed by atoms with van der Waals surface area (Å²) < 4.78 is 14.9. The second-order valence-electron chi connectivity index (χ2n) is 7.58. The number of hydrogen-bond acceptors (Lipinski definition) is 3. The van der Waals surface area contributed by atoms with Gasteiger partial charge in [0.25, 0.3) is 5.91 Å². The Kier molecular flexibility index (Phi) is 5.39. The van der Waals surface area contributed by atoms with Crippen molar-refractivity contribution in [1.29, 1.82) is 0 Å². The van der Waals surface area contributed by atoms with Gasteiger partial charge in [0.05, 0.1) is 17.6 Å². The van der Waals surface area contributed by atoms with E-state index in [9.17, 15) is 14.0 Å². The van der Waals surface area contributed by atoms with Crippen LogP contribution in [0.1, 0.15) is 29.0 Å². The van der Waals surface area contributed by atoms with Gasteiger partial charge >= 0.3 is 6.03 Å². The Morgan fingerprint density at radius 2 is 1.83 bits per heavy atom. The minimum absolute atomic E-state index is 0.0393. The van der Waals surface area contributed by atoms with E-state index >= 15 is 0 Å². The van der Waals surface area contributed by atoms with Crippen LogP contribution < -0.4 is 5.32 Å². The first-order valence-corrected chi connectivity index (χ1v) is 9.94. The molecule has 0 unspecified atom stereocenters. The molecule has 0 aliphatic carbocycles. The van der Waals surface area contributed by atoms with Crippen LogP contribution in [0.4, 0.5) is 14.9 Å². The zero-order valence-corrected chi connectivity index (χ0v) is 17.1. The Labute approximate surface area is 174 Å². The van der Waals surface area contributed by atoms with Gasteiger partial charge < -0.3 is 19.7 Å². The molecule has 8 heteroatoms. The molecule has 0 spiro atoms. The number of anilines is 1. The van der Waals surface area contributed by atoms with Crippen LogP contribution in [0.15, 0.2) is 42.5 Å². The number of carbonyl (C=O) groups is 2. The number of fused-ring (bicyclic) bond motifs is 1. The number of carbonyl (C=O) groups excluding carboxylic acids is 2. The third-order valence-corrected chi connectivity index (χ3v) is 5.43. The number of urea groups is 1. The van der Waals surface area contributed by atoms with Gasteiger partial charge in [0.2, 0.25) is 0 Å². The highest BCUT2D eigenvalue weighted by atomic mass is 19.1. The van der Waals surface area contributed by atoms with E-state index in [1.807, 2.05) is 34.7 Å². The number of halogens is 1. The number of rotatable bonds is 4. The van der Waals surface area contributed by atoms with Gasteiger partial charge in [-0.05, 0) is 55.3 Å². The Morgan fingerprint density at radius 1 is 1.13 bits per heavy atom. The molecule has 3 aromatic rings. The summed E-state index contributed by atoms with van der Waals surface area (Å²) in [6.07, 6.45) is 2.10. The fourth-order valence-corrected chi connectivity index (χ4v) is 3.66. The molecule has 1 fully saturated rings. The van der Waals surface area contributed by atoms with Crippen molar-refractivity contribution in [3.63, 3.8) is 0 Å². The number of nitrogens with zero attached hydrogens (tertiary/aromatic N) is 4. The standard InChI is InChI=1S/C22H24FN5O2/c1-26(22(30)24-17-8-6-16(23)7-9-17)14-20-25-18-13-15(5-10-19(18)27(20)2)21(29)28-11-3-4-12-28/h5-10,13H,3-4,11-12,14H2,1-2H3,(H,24,30). The second-order valence-corrected chi connectivity index (χ2v) is 7.58. The minimum Gasteiger partial charge on any atom is -0.339 e. The van der Waals surface area contributed by atoms with Crippen molar-refractivity contribution in [2.75, 3.05) is 25.5 Å². The third-order valence-electron chi connectivity index (χ3n) is 5.43. The number of nitrogens with one attached hydrogen (secondary N) is 1. The van der Waals surface area contributed by atoms with Crippen LogP contribution in [0, 0.1) is 5.82 Å². The van der Waals surface area contributed by atoms with E-state index in [2.05, 4.69) is 10.3 Å². The lowest BCUT2D eigenvalue weighted by atomic mass is 10.2. The molecule has 0 saturated carbocycles. The van der Waals surface area contributed by atoms with E-state index in [0.29, 0.717) is 17.1 Å². The SMILES string of the molecule is CN(Cc1nc2cc(C(=O)N3CCCC3)ccc2n1C)C(=O)Nc1ccc(F)cc1. The van der Waals surface area contributed by atoms with Crippen molar-refractivity contribution in [3.8, 4) is 0 Å². The Balaban J connectivity index is 1.49. The summed E-state index contributed by atoms with van der Waals surface area (Å²) in [5.74, 6) is 0.383. The number of hydrogen-bond donors (Lipinski definition) is 1. The van der Waals surface area contributed by atoms with Crippen LogP contribution in [0.2, 0.25) is 0 Å². The molecule has 2 aromatic carbocycles. The van der Waals surface area contributed by atoms with Crippen LogP contribution in [-0.2, 0) is 13.6 Å². The van der Waals surface area contributed by atoms with Gasteiger partial charge in [-0.3, -0.25) is 4.79 Å². The van der Waals surface area contributed by atoms with Crippen molar-refractivity contribution in [2.24, 2.45) is 7.05 Å². The van der Waals surface area contributed by atoms with Gasteiger partial charge in [0.1, 0.15) is 11.6 Å². The molecule has 2 heterocycles. The molecule has 0 radical (unpaired) electrons. The summed E-state index contributed by atoms with van der Waals surface area (Å²) in [5.41, 5.74) is 2.78. The molecule has 1 aromatic heterocycles. The first-order chi connectivity index (χ1) is 14.4. The molecule has 0 bridgehead atoms. The highest BCUT2D eigenvalue weighted by molar-refractivity contribution is 5.97.